The lowest BCUT2D eigenvalue weighted by molar-refractivity contribution is -0.104. The summed E-state index contributed by atoms with van der Waals surface area (Å²) in [5, 5.41) is 13.8. The van der Waals surface area contributed by atoms with E-state index in [1.54, 1.807) is 0 Å². The van der Waals surface area contributed by atoms with Crippen LogP contribution in [0.1, 0.15) is 55.8 Å². The number of thioether (sulfide) groups is 1. The maximum Gasteiger partial charge on any atom is 0.157 e. The monoisotopic (exact) mass is 498 g/mol. The van der Waals surface area contributed by atoms with E-state index in [-0.39, 0.29) is 0 Å². The highest BCUT2D eigenvalue weighted by molar-refractivity contribution is 8.03. The smallest absolute Gasteiger partial charge is 0.157 e. The Hall–Kier alpha value is -2.42. The molecule has 192 valence electrons. The van der Waals surface area contributed by atoms with E-state index in [1.165, 1.54) is 71.8 Å². The fraction of sp³-hybridized carbons (Fsp3) is 0.519. The van der Waals surface area contributed by atoms with E-state index in [1.807, 2.05) is 25.0 Å². The largest absolute Gasteiger partial charge is 0.361 e. The molecule has 1 atom stereocenters. The summed E-state index contributed by atoms with van der Waals surface area (Å²) in [6, 6.07) is 0.616. The minimum Gasteiger partial charge on any atom is -0.361 e. The maximum absolute atomic E-state index is 10.7. The van der Waals surface area contributed by atoms with Crippen molar-refractivity contribution in [3.05, 3.63) is 50.9 Å². The number of hydrogen-bond donors (Lipinski definition) is 3. The number of nitrogens with zero attached hydrogens (tertiary/aromatic N) is 3. The zero-order chi connectivity index (χ0) is 25.5. The van der Waals surface area contributed by atoms with Crippen molar-refractivity contribution in [2.24, 2.45) is 12.0 Å². The van der Waals surface area contributed by atoms with Crippen molar-refractivity contribution in [3.8, 4) is 0 Å². The van der Waals surface area contributed by atoms with E-state index >= 15 is 0 Å². The number of aliphatic imine (C=N–C) groups is 1. The molecule has 2 aromatic rings. The van der Waals surface area contributed by atoms with Crippen LogP contribution in [0, 0.1) is 0 Å². The normalized spacial score (nSPS) is 13.7. The number of unbranched alkanes of at least 4 members (excludes halogenated alkanes) is 1. The lowest BCUT2D eigenvalue weighted by atomic mass is 10.0. The van der Waals surface area contributed by atoms with Crippen molar-refractivity contribution in [3.63, 3.8) is 0 Å². The van der Waals surface area contributed by atoms with Crippen molar-refractivity contribution in [2.75, 3.05) is 19.8 Å². The van der Waals surface area contributed by atoms with Crippen LogP contribution in [-0.2, 0) is 31.2 Å². The van der Waals surface area contributed by atoms with Gasteiger partial charge >= 0.3 is 0 Å². The molecule has 35 heavy (non-hydrogen) atoms. The summed E-state index contributed by atoms with van der Waals surface area (Å²) in [5.41, 5.74) is 3.74. The van der Waals surface area contributed by atoms with Gasteiger partial charge < -0.3 is 15.6 Å². The van der Waals surface area contributed by atoms with Crippen LogP contribution < -0.4 is 21.2 Å². The SMILES string of the molecule is C=N/C=C(/C=O)SCCc1nn(C)cc1CNC.CCCCC(Cc1c[nH]c2c1=CCCC=2)NC. The van der Waals surface area contributed by atoms with E-state index in [2.05, 4.69) is 64.7 Å². The molecule has 8 heteroatoms. The van der Waals surface area contributed by atoms with Crippen LogP contribution in [0.4, 0.5) is 0 Å². The molecular formula is C27H42N6OS. The molecule has 0 radical (unpaired) electrons. The molecule has 3 rings (SSSR count). The first-order valence-corrected chi connectivity index (χ1v) is 13.5. The Balaban J connectivity index is 0.000000247. The number of fused-ring (bicyclic) bond motifs is 1. The van der Waals surface area contributed by atoms with Gasteiger partial charge in [-0.1, -0.05) is 31.9 Å². The highest BCUT2D eigenvalue weighted by Crippen LogP contribution is 2.16. The number of aromatic nitrogens is 3. The van der Waals surface area contributed by atoms with Crippen LogP contribution in [0.3, 0.4) is 0 Å². The van der Waals surface area contributed by atoms with Crippen LogP contribution in [-0.4, -0.2) is 53.7 Å². The minimum absolute atomic E-state index is 0.594. The number of allylic oxidation sites excluding steroid dienone is 1. The molecule has 0 aliphatic heterocycles. The summed E-state index contributed by atoms with van der Waals surface area (Å²) in [5.74, 6) is 0.799. The molecule has 7 nitrogen and oxygen atoms in total. The van der Waals surface area contributed by atoms with Gasteiger partial charge in [0.05, 0.1) is 10.6 Å². The Bertz CT molecular complexity index is 1070. The molecule has 3 N–H and O–H groups in total. The van der Waals surface area contributed by atoms with Gasteiger partial charge in [0.1, 0.15) is 0 Å². The molecule has 2 heterocycles. The fourth-order valence-corrected chi connectivity index (χ4v) is 4.93. The molecule has 1 unspecified atom stereocenters. The lowest BCUT2D eigenvalue weighted by Crippen LogP contribution is -2.32. The van der Waals surface area contributed by atoms with Gasteiger partial charge in [-0.05, 0) is 57.3 Å². The molecule has 0 fully saturated rings. The number of rotatable bonds is 14. The van der Waals surface area contributed by atoms with Crippen molar-refractivity contribution in [1.29, 1.82) is 0 Å². The Morgan fingerprint density at radius 2 is 2.14 bits per heavy atom. The van der Waals surface area contributed by atoms with Gasteiger partial charge in [-0.3, -0.25) is 14.5 Å². The fourth-order valence-electron chi connectivity index (χ4n) is 4.18. The average Bonchev–Trinajstić information content (AvgIpc) is 3.44. The second-order valence-corrected chi connectivity index (χ2v) is 9.86. The summed E-state index contributed by atoms with van der Waals surface area (Å²) >= 11 is 1.47. The Labute approximate surface area is 214 Å². The van der Waals surface area contributed by atoms with Crippen LogP contribution in [0.25, 0.3) is 12.2 Å². The van der Waals surface area contributed by atoms with Gasteiger partial charge in [-0.2, -0.15) is 5.10 Å². The highest BCUT2D eigenvalue weighted by atomic mass is 32.2. The topological polar surface area (TPSA) is 87.1 Å². The number of H-pyrrole nitrogens is 1. The standard InChI is InChI=1S/C15H24N2.C12H18N4OS/c1-3-4-7-13(16-2)10-12-11-17-15-9-6-5-8-14(12)15;1-13-6-10-8-16(3)15-12(10)4-5-18-11(9-17)7-14-2/h8-9,11,13,16-17H,3-7,10H2,1-2H3;7-9,13H,2,4-6H2,1,3H3/b;11-7-. The van der Waals surface area contributed by atoms with Crippen LogP contribution in [0.2, 0.25) is 0 Å². The third-order valence-electron chi connectivity index (χ3n) is 5.98. The molecular weight excluding hydrogens is 456 g/mol. The van der Waals surface area contributed by atoms with Crippen molar-refractivity contribution in [1.82, 2.24) is 25.4 Å². The first-order valence-electron chi connectivity index (χ1n) is 12.5. The van der Waals surface area contributed by atoms with Gasteiger partial charge in [0.15, 0.2) is 6.29 Å². The Morgan fingerprint density at radius 3 is 2.83 bits per heavy atom. The molecule has 0 saturated carbocycles. The Kier molecular flexibility index (Phi) is 13.4. The Morgan fingerprint density at radius 1 is 1.34 bits per heavy atom. The van der Waals surface area contributed by atoms with Crippen LogP contribution in [0.5, 0.6) is 0 Å². The number of aldehydes is 1. The van der Waals surface area contributed by atoms with Crippen LogP contribution in [0.15, 0.2) is 28.5 Å². The number of carbonyl (C=O) groups is 1. The zero-order valence-electron chi connectivity index (χ0n) is 21.8. The van der Waals surface area contributed by atoms with Gasteiger partial charge in [0.25, 0.3) is 0 Å². The van der Waals surface area contributed by atoms with E-state index in [4.69, 9.17) is 0 Å². The van der Waals surface area contributed by atoms with E-state index in [0.29, 0.717) is 10.9 Å². The van der Waals surface area contributed by atoms with E-state index in [0.717, 1.165) is 37.1 Å². The maximum atomic E-state index is 10.7. The number of likely N-dealkylation sites (N-methyl/N-ethyl adjacent to an activating group) is 1. The first kappa shape index (κ1) is 28.8. The quantitative estimate of drug-likeness (QED) is 0.212. The second kappa shape index (κ2) is 16.3. The van der Waals surface area contributed by atoms with Gasteiger partial charge in [0.2, 0.25) is 0 Å². The summed E-state index contributed by atoms with van der Waals surface area (Å²) in [4.78, 5) is 18.3. The zero-order valence-corrected chi connectivity index (χ0v) is 22.6. The summed E-state index contributed by atoms with van der Waals surface area (Å²) in [6.07, 6.45) is 19.4. The molecule has 0 bridgehead atoms. The van der Waals surface area contributed by atoms with Crippen molar-refractivity contribution < 1.29 is 4.79 Å². The molecule has 0 amide bonds. The third-order valence-corrected chi connectivity index (χ3v) is 6.93. The van der Waals surface area contributed by atoms with Gasteiger partial charge in [-0.25, -0.2) is 0 Å². The second-order valence-electron chi connectivity index (χ2n) is 8.69. The third kappa shape index (κ3) is 9.63. The van der Waals surface area contributed by atoms with Crippen molar-refractivity contribution >= 4 is 36.9 Å². The van der Waals surface area contributed by atoms with E-state index in [9.17, 15) is 4.79 Å². The average molecular weight is 499 g/mol. The van der Waals surface area contributed by atoms with E-state index < -0.39 is 0 Å². The van der Waals surface area contributed by atoms with Crippen molar-refractivity contribution in [2.45, 2.75) is 64.5 Å². The molecule has 0 spiro atoms. The highest BCUT2D eigenvalue weighted by Gasteiger charge is 2.10. The minimum atomic E-state index is 0.594. The number of carbonyl (C=O) groups excluding carboxylic acids is 1. The van der Waals surface area contributed by atoms with Gasteiger partial charge in [-0.15, -0.1) is 11.8 Å². The molecule has 0 saturated heterocycles. The van der Waals surface area contributed by atoms with Crippen LogP contribution >= 0.6 is 11.8 Å². The number of aryl methyl sites for hydroxylation is 2. The predicted molar refractivity (Wildman–Crippen MR) is 150 cm³/mol. The number of nitrogens with one attached hydrogen (secondary N) is 3. The number of aromatic amines is 1. The first-order chi connectivity index (χ1) is 17.1. The van der Waals surface area contributed by atoms with Gasteiger partial charge in [0, 0.05) is 61.3 Å². The summed E-state index contributed by atoms with van der Waals surface area (Å²) in [7, 11) is 5.90. The summed E-state index contributed by atoms with van der Waals surface area (Å²) < 4.78 is 1.81. The number of hydrogen-bond acceptors (Lipinski definition) is 6. The molecule has 0 aromatic carbocycles. The predicted octanol–water partition coefficient (Wildman–Crippen LogP) is 2.85. The molecule has 2 aromatic heterocycles. The summed E-state index contributed by atoms with van der Waals surface area (Å²) in [6.45, 7) is 6.40. The molecule has 1 aliphatic rings. The molecule has 1 aliphatic carbocycles. The lowest BCUT2D eigenvalue weighted by Gasteiger charge is -2.15.